The van der Waals surface area contributed by atoms with Gasteiger partial charge in [0.1, 0.15) is 0 Å². The molecule has 1 N–H and O–H groups in total. The van der Waals surface area contributed by atoms with Gasteiger partial charge in [0, 0.05) is 17.3 Å². The number of ether oxygens (including phenoxy) is 2. The highest BCUT2D eigenvalue weighted by Gasteiger charge is 2.06. The zero-order valence-electron chi connectivity index (χ0n) is 13.7. The first-order valence-corrected chi connectivity index (χ1v) is 8.95. The molecule has 0 aliphatic heterocycles. The van der Waals surface area contributed by atoms with Crippen molar-refractivity contribution in [3.63, 3.8) is 0 Å². The van der Waals surface area contributed by atoms with Crippen molar-refractivity contribution in [3.05, 3.63) is 58.6 Å². The molecule has 0 spiro atoms. The van der Waals surface area contributed by atoms with Gasteiger partial charge in [0.05, 0.1) is 20.0 Å². The number of amides is 1. The summed E-state index contributed by atoms with van der Waals surface area (Å²) in [6.07, 6.45) is 0. The molecule has 0 atom stereocenters. The third-order valence-electron chi connectivity index (χ3n) is 3.35. The minimum absolute atomic E-state index is 0.00347. The fourth-order valence-electron chi connectivity index (χ4n) is 2.08. The lowest BCUT2D eigenvalue weighted by Crippen LogP contribution is -2.24. The maximum Gasteiger partial charge on any atom is 0.230 e. The van der Waals surface area contributed by atoms with E-state index in [1.807, 2.05) is 42.5 Å². The van der Waals surface area contributed by atoms with Gasteiger partial charge in [-0.1, -0.05) is 29.8 Å². The topological polar surface area (TPSA) is 47.6 Å². The summed E-state index contributed by atoms with van der Waals surface area (Å²) in [6.45, 7) is 0.459. The molecule has 0 heterocycles. The standard InChI is InChI=1S/C18H20ClNO3S/c1-22-16-8-5-14(9-17(16)23-2)10-20-18(21)12-24-11-13-3-6-15(19)7-4-13/h3-9H,10-12H2,1-2H3,(H,20,21). The fraction of sp³-hybridized carbons (Fsp3) is 0.278. The van der Waals surface area contributed by atoms with Gasteiger partial charge in [0.2, 0.25) is 5.91 Å². The second kappa shape index (κ2) is 9.45. The minimum Gasteiger partial charge on any atom is -0.493 e. The molecular formula is C18H20ClNO3S. The first-order valence-electron chi connectivity index (χ1n) is 7.42. The summed E-state index contributed by atoms with van der Waals surface area (Å²) in [5, 5.41) is 3.62. The predicted molar refractivity (Wildman–Crippen MR) is 99.0 cm³/mol. The van der Waals surface area contributed by atoms with Crippen LogP contribution in [-0.4, -0.2) is 25.9 Å². The van der Waals surface area contributed by atoms with Crippen LogP contribution in [0, 0.1) is 0 Å². The highest BCUT2D eigenvalue weighted by Crippen LogP contribution is 2.27. The van der Waals surface area contributed by atoms with Gasteiger partial charge in [-0.05, 0) is 35.4 Å². The molecule has 2 rings (SSSR count). The quantitative estimate of drug-likeness (QED) is 0.770. The molecule has 0 bridgehead atoms. The Bertz CT molecular complexity index is 676. The number of nitrogens with one attached hydrogen (secondary N) is 1. The average Bonchev–Trinajstić information content (AvgIpc) is 2.61. The summed E-state index contributed by atoms with van der Waals surface area (Å²) in [4.78, 5) is 11.9. The van der Waals surface area contributed by atoms with Gasteiger partial charge in [-0.25, -0.2) is 0 Å². The normalized spacial score (nSPS) is 10.3. The molecular weight excluding hydrogens is 346 g/mol. The Balaban J connectivity index is 1.75. The van der Waals surface area contributed by atoms with Crippen LogP contribution in [0.3, 0.4) is 0 Å². The van der Waals surface area contributed by atoms with Crippen molar-refractivity contribution < 1.29 is 14.3 Å². The van der Waals surface area contributed by atoms with E-state index in [-0.39, 0.29) is 5.91 Å². The van der Waals surface area contributed by atoms with Crippen molar-refractivity contribution in [2.45, 2.75) is 12.3 Å². The van der Waals surface area contributed by atoms with E-state index >= 15 is 0 Å². The lowest BCUT2D eigenvalue weighted by Gasteiger charge is -2.10. The van der Waals surface area contributed by atoms with Gasteiger partial charge in [0.25, 0.3) is 0 Å². The van der Waals surface area contributed by atoms with Crippen LogP contribution in [0.25, 0.3) is 0 Å². The second-order valence-electron chi connectivity index (χ2n) is 5.09. The number of rotatable bonds is 8. The summed E-state index contributed by atoms with van der Waals surface area (Å²) in [5.41, 5.74) is 2.11. The molecule has 0 saturated heterocycles. The van der Waals surface area contributed by atoms with Crippen LogP contribution in [-0.2, 0) is 17.1 Å². The van der Waals surface area contributed by atoms with E-state index < -0.39 is 0 Å². The Kier molecular flexibility index (Phi) is 7.28. The van der Waals surface area contributed by atoms with Gasteiger partial charge in [-0.3, -0.25) is 4.79 Å². The highest BCUT2D eigenvalue weighted by molar-refractivity contribution is 7.99. The lowest BCUT2D eigenvalue weighted by atomic mass is 10.2. The second-order valence-corrected chi connectivity index (χ2v) is 6.51. The predicted octanol–water partition coefficient (Wildman–Crippen LogP) is 3.91. The Hall–Kier alpha value is -1.85. The molecule has 0 aliphatic carbocycles. The molecule has 2 aromatic carbocycles. The van der Waals surface area contributed by atoms with Crippen molar-refractivity contribution in [2.24, 2.45) is 0 Å². The average molecular weight is 366 g/mol. The number of methoxy groups -OCH3 is 2. The molecule has 0 radical (unpaired) electrons. The number of halogens is 1. The lowest BCUT2D eigenvalue weighted by molar-refractivity contribution is -0.118. The molecule has 128 valence electrons. The Morgan fingerprint density at radius 1 is 1.04 bits per heavy atom. The number of hydrogen-bond acceptors (Lipinski definition) is 4. The summed E-state index contributed by atoms with van der Waals surface area (Å²) in [5.74, 6) is 2.52. The molecule has 0 aliphatic rings. The van der Waals surface area contributed by atoms with Crippen LogP contribution < -0.4 is 14.8 Å². The molecule has 1 amide bonds. The summed E-state index contributed by atoms with van der Waals surface area (Å²) in [7, 11) is 3.19. The zero-order valence-corrected chi connectivity index (χ0v) is 15.2. The van der Waals surface area contributed by atoms with E-state index in [2.05, 4.69) is 5.32 Å². The van der Waals surface area contributed by atoms with Gasteiger partial charge in [0.15, 0.2) is 11.5 Å². The molecule has 4 nitrogen and oxygen atoms in total. The molecule has 0 fully saturated rings. The maximum atomic E-state index is 11.9. The first-order chi connectivity index (χ1) is 11.6. The van der Waals surface area contributed by atoms with Crippen LogP contribution in [0.15, 0.2) is 42.5 Å². The number of hydrogen-bond donors (Lipinski definition) is 1. The van der Waals surface area contributed by atoms with Crippen LogP contribution in [0.5, 0.6) is 11.5 Å². The Labute approximate surface area is 151 Å². The van der Waals surface area contributed by atoms with Crippen molar-refractivity contribution in [2.75, 3.05) is 20.0 Å². The van der Waals surface area contributed by atoms with Crippen molar-refractivity contribution in [1.29, 1.82) is 0 Å². The van der Waals surface area contributed by atoms with Crippen LogP contribution in [0.2, 0.25) is 5.02 Å². The van der Waals surface area contributed by atoms with E-state index in [1.165, 1.54) is 0 Å². The van der Waals surface area contributed by atoms with Crippen molar-refractivity contribution in [1.82, 2.24) is 5.32 Å². The largest absolute Gasteiger partial charge is 0.493 e. The SMILES string of the molecule is COc1ccc(CNC(=O)CSCc2ccc(Cl)cc2)cc1OC. The van der Waals surface area contributed by atoms with Gasteiger partial charge in [-0.15, -0.1) is 11.8 Å². The van der Waals surface area contributed by atoms with E-state index in [0.29, 0.717) is 23.8 Å². The van der Waals surface area contributed by atoms with Gasteiger partial charge in [-0.2, -0.15) is 0 Å². The number of carbonyl (C=O) groups excluding carboxylic acids is 1. The number of benzene rings is 2. The summed E-state index contributed by atoms with van der Waals surface area (Å²) >= 11 is 7.42. The zero-order chi connectivity index (χ0) is 17.4. The molecule has 24 heavy (non-hydrogen) atoms. The van der Waals surface area contributed by atoms with Crippen molar-refractivity contribution >= 4 is 29.3 Å². The molecule has 0 saturated carbocycles. The van der Waals surface area contributed by atoms with E-state index in [0.717, 1.165) is 21.9 Å². The maximum absolute atomic E-state index is 11.9. The van der Waals surface area contributed by atoms with E-state index in [9.17, 15) is 4.79 Å². The number of thioether (sulfide) groups is 1. The van der Waals surface area contributed by atoms with Crippen LogP contribution in [0.4, 0.5) is 0 Å². The molecule has 0 unspecified atom stereocenters. The molecule has 0 aromatic heterocycles. The Morgan fingerprint density at radius 3 is 2.38 bits per heavy atom. The van der Waals surface area contributed by atoms with Gasteiger partial charge < -0.3 is 14.8 Å². The van der Waals surface area contributed by atoms with Gasteiger partial charge >= 0.3 is 0 Å². The molecule has 6 heteroatoms. The summed E-state index contributed by atoms with van der Waals surface area (Å²) in [6, 6.07) is 13.2. The number of carbonyl (C=O) groups is 1. The van der Waals surface area contributed by atoms with E-state index in [4.69, 9.17) is 21.1 Å². The monoisotopic (exact) mass is 365 g/mol. The van der Waals surface area contributed by atoms with Crippen molar-refractivity contribution in [3.8, 4) is 11.5 Å². The smallest absolute Gasteiger partial charge is 0.230 e. The highest BCUT2D eigenvalue weighted by atomic mass is 35.5. The molecule has 2 aromatic rings. The van der Waals surface area contributed by atoms with Crippen LogP contribution in [0.1, 0.15) is 11.1 Å². The summed E-state index contributed by atoms with van der Waals surface area (Å²) < 4.78 is 10.5. The Morgan fingerprint density at radius 2 is 1.71 bits per heavy atom. The van der Waals surface area contributed by atoms with E-state index in [1.54, 1.807) is 26.0 Å². The minimum atomic E-state index is 0.00347. The van der Waals surface area contributed by atoms with Crippen LogP contribution >= 0.6 is 23.4 Å². The third kappa shape index (κ3) is 5.65. The third-order valence-corrected chi connectivity index (χ3v) is 4.61. The fourth-order valence-corrected chi connectivity index (χ4v) is 3.03. The first kappa shape index (κ1) is 18.5.